The predicted octanol–water partition coefficient (Wildman–Crippen LogP) is 1.42. The fraction of sp³-hybridized carbons (Fsp3) is 1.00. The Morgan fingerprint density at radius 2 is 1.47 bits per heavy atom. The smallest absolute Gasteiger partial charge is 0.328 e. The lowest BCUT2D eigenvalue weighted by Gasteiger charge is -2.19. The van der Waals surface area contributed by atoms with Gasteiger partial charge in [0.25, 0.3) is 6.72 Å². The lowest BCUT2D eigenvalue weighted by atomic mass is 10.5. The molecule has 0 aromatic heterocycles. The van der Waals surface area contributed by atoms with Gasteiger partial charge in [0, 0.05) is 0 Å². The van der Waals surface area contributed by atoms with Crippen molar-refractivity contribution in [3.05, 3.63) is 0 Å². The Bertz CT molecular complexity index is 263. The zero-order valence-corrected chi connectivity index (χ0v) is 11.4. The highest BCUT2D eigenvalue weighted by Gasteiger charge is 2.22. The summed E-state index contributed by atoms with van der Waals surface area (Å²) in [5.41, 5.74) is 0. The minimum Gasteiger partial charge on any atom is -0.328 e. The second kappa shape index (κ2) is 7.20. The van der Waals surface area contributed by atoms with Crippen molar-refractivity contribution in [2.75, 3.05) is 13.2 Å². The van der Waals surface area contributed by atoms with Gasteiger partial charge in [0.2, 0.25) is 0 Å². The zero-order chi connectivity index (χ0) is 11.9. The molecule has 0 aromatic carbocycles. The molecular weight excluding hydrogens is 262 g/mol. The molecule has 94 valence electrons. The van der Waals surface area contributed by atoms with E-state index in [2.05, 4.69) is 0 Å². The van der Waals surface area contributed by atoms with Crippen LogP contribution in [-0.2, 0) is 24.2 Å². The minimum absolute atomic E-state index is 0.223. The highest BCUT2D eigenvalue weighted by atomic mass is 32.9. The Hall–Kier alpha value is 0.810. The van der Waals surface area contributed by atoms with Crippen LogP contribution in [0.5, 0.6) is 0 Å². The Morgan fingerprint density at radius 1 is 1.07 bits per heavy atom. The minimum atomic E-state index is -4.35. The van der Waals surface area contributed by atoms with E-state index in [0.717, 1.165) is 0 Å². The summed E-state index contributed by atoms with van der Waals surface area (Å²) in [6, 6.07) is 0. The summed E-state index contributed by atoms with van der Waals surface area (Å²) in [5, 5.41) is 0. The average molecular weight is 280 g/mol. The first-order valence-electron chi connectivity index (χ1n) is 4.54. The molecular formula is C6H18O6P2S. The van der Waals surface area contributed by atoms with Crippen LogP contribution in [0, 0.1) is 0 Å². The highest BCUT2D eigenvalue weighted by molar-refractivity contribution is 8.55. The van der Waals surface area contributed by atoms with E-state index in [1.165, 1.54) is 0 Å². The quantitative estimate of drug-likeness (QED) is 0.416. The van der Waals surface area contributed by atoms with E-state index in [1.54, 1.807) is 0 Å². The molecule has 0 aliphatic heterocycles. The monoisotopic (exact) mass is 280 g/mol. The largest absolute Gasteiger partial charge is 0.381 e. The summed E-state index contributed by atoms with van der Waals surface area (Å²) in [7, 11) is -0.466. The van der Waals surface area contributed by atoms with Gasteiger partial charge in [0.15, 0.2) is 0 Å². The van der Waals surface area contributed by atoms with Crippen LogP contribution in [0.4, 0.5) is 0 Å². The van der Waals surface area contributed by atoms with E-state index < -0.39 is 24.1 Å². The van der Waals surface area contributed by atoms with Crippen LogP contribution in [0.2, 0.25) is 0 Å². The normalized spacial score (nSPS) is 13.1. The topological polar surface area (TPSA) is 96.2 Å². The fourth-order valence-corrected chi connectivity index (χ4v) is 7.23. The molecule has 9 heteroatoms. The summed E-state index contributed by atoms with van der Waals surface area (Å²) in [4.78, 5) is 27.3. The zero-order valence-electron chi connectivity index (χ0n) is 8.74. The first-order chi connectivity index (χ1) is 6.83. The molecule has 0 aliphatic rings. The molecule has 0 atom stereocenters. The van der Waals surface area contributed by atoms with Crippen LogP contribution in [-0.4, -0.2) is 27.9 Å². The van der Waals surface area contributed by atoms with Crippen LogP contribution in [0.3, 0.4) is 0 Å². The molecule has 15 heavy (non-hydrogen) atoms. The van der Waals surface area contributed by atoms with Gasteiger partial charge in [-0.3, -0.25) is 0 Å². The average Bonchev–Trinajstić information content (AvgIpc) is 2.09. The van der Waals surface area contributed by atoms with Gasteiger partial charge in [0.1, 0.15) is 0 Å². The molecule has 0 saturated heterocycles. The highest BCUT2D eigenvalue weighted by Crippen LogP contribution is 2.54. The van der Waals surface area contributed by atoms with Crippen LogP contribution < -0.4 is 0 Å². The van der Waals surface area contributed by atoms with Crippen LogP contribution in [0.15, 0.2) is 0 Å². The van der Waals surface area contributed by atoms with Crippen molar-refractivity contribution in [1.82, 2.24) is 0 Å². The molecule has 0 unspecified atom stereocenters. The lowest BCUT2D eigenvalue weighted by molar-refractivity contribution is 0.197. The maximum atomic E-state index is 10.8. The van der Waals surface area contributed by atoms with Gasteiger partial charge in [-0.05, 0) is 23.4 Å². The van der Waals surface area contributed by atoms with Gasteiger partial charge >= 0.3 is 6.80 Å². The van der Waals surface area contributed by atoms with Gasteiger partial charge < -0.3 is 23.7 Å². The van der Waals surface area contributed by atoms with E-state index in [0.29, 0.717) is 12.8 Å². The maximum Gasteiger partial charge on any atom is 0.381 e. The number of rotatable bonds is 7. The number of hydrogen-bond donors (Lipinski definition) is 4. The third-order valence-corrected chi connectivity index (χ3v) is 8.86. The molecule has 0 bridgehead atoms. The van der Waals surface area contributed by atoms with Gasteiger partial charge in [-0.2, -0.15) is 0 Å². The van der Waals surface area contributed by atoms with Crippen LogP contribution in [0.1, 0.15) is 26.7 Å². The maximum absolute atomic E-state index is 10.8. The van der Waals surface area contributed by atoms with E-state index in [-0.39, 0.29) is 13.2 Å². The van der Waals surface area contributed by atoms with Crippen molar-refractivity contribution in [3.8, 4) is 0 Å². The van der Waals surface area contributed by atoms with Crippen LogP contribution in [0.25, 0.3) is 0 Å². The standard InChI is InChI=1S/C6H18O6P2S/c1-3-5-11-14(10,12-6-4-2)15-13(7,8)9/h10,15H,3-6H2,1-2H3,(H2,7,8,9). The van der Waals surface area contributed by atoms with Crippen molar-refractivity contribution < 1.29 is 28.3 Å². The molecule has 6 nitrogen and oxygen atoms in total. The lowest BCUT2D eigenvalue weighted by Crippen LogP contribution is -1.99. The molecule has 3 N–H and O–H groups in total. The molecule has 0 aromatic rings. The van der Waals surface area contributed by atoms with E-state index >= 15 is 0 Å². The number of hydrogen-bond acceptors (Lipinski definition) is 3. The summed E-state index contributed by atoms with van der Waals surface area (Å²) >= 11 is 0. The molecule has 0 spiro atoms. The molecule has 0 rings (SSSR count). The first-order valence-corrected chi connectivity index (χ1v) is 10.0. The SMILES string of the molecule is CCCOP(O)(OCCC)=[SH]P(=O)(O)O. The summed E-state index contributed by atoms with van der Waals surface area (Å²) in [6.45, 7) is -3.65. The number of thiol groups is 1. The van der Waals surface area contributed by atoms with Crippen molar-refractivity contribution in [2.24, 2.45) is 0 Å². The summed E-state index contributed by atoms with van der Waals surface area (Å²) in [5.74, 6) is 0. The van der Waals surface area contributed by atoms with E-state index in [4.69, 9.17) is 18.8 Å². The molecule has 0 heterocycles. The third-order valence-electron chi connectivity index (χ3n) is 1.16. The summed E-state index contributed by atoms with van der Waals surface area (Å²) < 4.78 is 20.8. The second-order valence-corrected chi connectivity index (χ2v) is 10.7. The molecule has 0 saturated carbocycles. The van der Waals surface area contributed by atoms with E-state index in [9.17, 15) is 9.46 Å². The van der Waals surface area contributed by atoms with Crippen LogP contribution >= 0.6 is 13.5 Å². The van der Waals surface area contributed by atoms with Crippen molar-refractivity contribution in [2.45, 2.75) is 26.7 Å². The fourth-order valence-electron chi connectivity index (χ4n) is 0.657. The van der Waals surface area contributed by atoms with Gasteiger partial charge in [-0.1, -0.05) is 13.8 Å². The van der Waals surface area contributed by atoms with Crippen molar-refractivity contribution >= 4 is 24.1 Å². The van der Waals surface area contributed by atoms with Gasteiger partial charge in [0.05, 0.1) is 13.2 Å². The van der Waals surface area contributed by atoms with E-state index in [1.807, 2.05) is 13.8 Å². The van der Waals surface area contributed by atoms with Gasteiger partial charge in [-0.15, -0.1) is 0 Å². The van der Waals surface area contributed by atoms with Crippen molar-refractivity contribution in [3.63, 3.8) is 0 Å². The third kappa shape index (κ3) is 8.60. The molecule has 0 fully saturated rings. The Balaban J connectivity index is 4.68. The Labute approximate surface area is 92.7 Å². The predicted molar refractivity (Wildman–Crippen MR) is 62.4 cm³/mol. The van der Waals surface area contributed by atoms with Gasteiger partial charge in [-0.25, -0.2) is 4.57 Å². The molecule has 0 radical (unpaired) electrons. The summed E-state index contributed by atoms with van der Waals surface area (Å²) in [6.07, 6.45) is 1.29. The Morgan fingerprint density at radius 3 is 1.73 bits per heavy atom. The Kier molecular flexibility index (Phi) is 7.59. The molecule has 0 amide bonds. The second-order valence-electron chi connectivity index (χ2n) is 2.76. The first kappa shape index (κ1) is 15.8. The molecule has 0 aliphatic carbocycles. The van der Waals surface area contributed by atoms with Crippen molar-refractivity contribution in [1.29, 1.82) is 0 Å².